The number of carbonyl (C=O) groups excluding carboxylic acids is 2. The Balaban J connectivity index is 4.90. The highest BCUT2D eigenvalue weighted by molar-refractivity contribution is 5.86. The van der Waals surface area contributed by atoms with Crippen LogP contribution >= 0.6 is 0 Å². The zero-order chi connectivity index (χ0) is 14.7. The quantitative estimate of drug-likeness (QED) is 0.475. The molecule has 0 aromatic carbocycles. The molecule has 0 spiro atoms. The standard InChI is InChI=1S/C14H23NO4/c1-4-7-8-9-14(11-15,13(17)19-6-3)10-12(16)18-5-2/h4-10H2,1-3H3. The van der Waals surface area contributed by atoms with E-state index in [0.717, 1.165) is 12.8 Å². The fourth-order valence-electron chi connectivity index (χ4n) is 1.81. The molecule has 0 aromatic rings. The maximum atomic E-state index is 12.0. The van der Waals surface area contributed by atoms with Gasteiger partial charge in [-0.05, 0) is 20.3 Å². The SMILES string of the molecule is CCCCCC(C#N)(CC(=O)OCC)C(=O)OCC. The second kappa shape index (κ2) is 9.37. The number of carbonyl (C=O) groups is 2. The summed E-state index contributed by atoms with van der Waals surface area (Å²) < 4.78 is 9.77. The lowest BCUT2D eigenvalue weighted by Gasteiger charge is -2.23. The number of rotatable bonds is 9. The molecule has 0 rings (SSSR count). The van der Waals surface area contributed by atoms with Gasteiger partial charge in [0.15, 0.2) is 5.41 Å². The van der Waals surface area contributed by atoms with Crippen molar-refractivity contribution in [1.29, 1.82) is 5.26 Å². The van der Waals surface area contributed by atoms with E-state index >= 15 is 0 Å². The summed E-state index contributed by atoms with van der Waals surface area (Å²) in [5.74, 6) is -1.16. The third-order valence-electron chi connectivity index (χ3n) is 2.84. The Labute approximate surface area is 114 Å². The van der Waals surface area contributed by atoms with Crippen LogP contribution in [0.4, 0.5) is 0 Å². The number of hydrogen-bond acceptors (Lipinski definition) is 5. The van der Waals surface area contributed by atoms with Crippen LogP contribution in [-0.2, 0) is 19.1 Å². The smallest absolute Gasteiger partial charge is 0.327 e. The van der Waals surface area contributed by atoms with Crippen molar-refractivity contribution in [2.75, 3.05) is 13.2 Å². The van der Waals surface area contributed by atoms with Gasteiger partial charge in [0, 0.05) is 0 Å². The summed E-state index contributed by atoms with van der Waals surface area (Å²) in [6, 6.07) is 1.97. The minimum absolute atomic E-state index is 0.193. The third-order valence-corrected chi connectivity index (χ3v) is 2.84. The fraction of sp³-hybridized carbons (Fsp3) is 0.786. The topological polar surface area (TPSA) is 76.4 Å². The molecule has 0 aromatic heterocycles. The van der Waals surface area contributed by atoms with Gasteiger partial charge in [-0.3, -0.25) is 9.59 Å². The van der Waals surface area contributed by atoms with Gasteiger partial charge in [0.05, 0.1) is 25.7 Å². The van der Waals surface area contributed by atoms with E-state index in [-0.39, 0.29) is 19.6 Å². The third kappa shape index (κ3) is 5.73. The second-order valence-corrected chi connectivity index (χ2v) is 4.35. The molecule has 0 aliphatic rings. The molecule has 0 N–H and O–H groups in total. The molecule has 19 heavy (non-hydrogen) atoms. The predicted octanol–water partition coefficient (Wildman–Crippen LogP) is 2.59. The van der Waals surface area contributed by atoms with Crippen molar-refractivity contribution in [3.8, 4) is 6.07 Å². The molecule has 0 amide bonds. The van der Waals surface area contributed by atoms with E-state index in [1.54, 1.807) is 13.8 Å². The average molecular weight is 269 g/mol. The van der Waals surface area contributed by atoms with E-state index < -0.39 is 17.4 Å². The summed E-state index contributed by atoms with van der Waals surface area (Å²) in [5, 5.41) is 9.33. The normalized spacial score (nSPS) is 13.2. The van der Waals surface area contributed by atoms with E-state index in [9.17, 15) is 14.9 Å². The fourth-order valence-corrected chi connectivity index (χ4v) is 1.81. The van der Waals surface area contributed by atoms with Crippen molar-refractivity contribution in [3.05, 3.63) is 0 Å². The first kappa shape index (κ1) is 17.4. The van der Waals surface area contributed by atoms with E-state index in [1.807, 2.05) is 13.0 Å². The van der Waals surface area contributed by atoms with Crippen LogP contribution in [0, 0.1) is 16.7 Å². The monoisotopic (exact) mass is 269 g/mol. The molecule has 0 aliphatic carbocycles. The van der Waals surface area contributed by atoms with E-state index in [4.69, 9.17) is 9.47 Å². The lowest BCUT2D eigenvalue weighted by atomic mass is 9.81. The molecule has 108 valence electrons. The van der Waals surface area contributed by atoms with Crippen LogP contribution in [0.1, 0.15) is 52.9 Å². The molecule has 0 bridgehead atoms. The number of ether oxygens (including phenoxy) is 2. The van der Waals surface area contributed by atoms with Crippen molar-refractivity contribution < 1.29 is 19.1 Å². The zero-order valence-electron chi connectivity index (χ0n) is 12.0. The van der Waals surface area contributed by atoms with Crippen LogP contribution in [0.15, 0.2) is 0 Å². The zero-order valence-corrected chi connectivity index (χ0v) is 12.0. The Morgan fingerprint density at radius 1 is 1.11 bits per heavy atom. The molecular formula is C14H23NO4. The molecule has 1 unspecified atom stereocenters. The largest absolute Gasteiger partial charge is 0.466 e. The van der Waals surface area contributed by atoms with Gasteiger partial charge >= 0.3 is 11.9 Å². The van der Waals surface area contributed by atoms with Crippen molar-refractivity contribution in [1.82, 2.24) is 0 Å². The minimum Gasteiger partial charge on any atom is -0.466 e. The Bertz CT molecular complexity index is 335. The number of esters is 2. The van der Waals surface area contributed by atoms with E-state index in [0.29, 0.717) is 12.8 Å². The summed E-state index contributed by atoms with van der Waals surface area (Å²) in [6.45, 7) is 5.82. The van der Waals surface area contributed by atoms with Gasteiger partial charge < -0.3 is 9.47 Å². The Morgan fingerprint density at radius 3 is 2.21 bits per heavy atom. The van der Waals surface area contributed by atoms with Crippen LogP contribution in [0.25, 0.3) is 0 Å². The van der Waals surface area contributed by atoms with Crippen molar-refractivity contribution >= 4 is 11.9 Å². The summed E-state index contributed by atoms with van der Waals surface area (Å²) in [4.78, 5) is 23.6. The molecule has 0 heterocycles. The van der Waals surface area contributed by atoms with E-state index in [2.05, 4.69) is 0 Å². The van der Waals surface area contributed by atoms with Crippen molar-refractivity contribution in [3.63, 3.8) is 0 Å². The number of hydrogen-bond donors (Lipinski definition) is 0. The van der Waals surface area contributed by atoms with Gasteiger partial charge in [-0.25, -0.2) is 0 Å². The first-order chi connectivity index (χ1) is 9.06. The molecular weight excluding hydrogens is 246 g/mol. The lowest BCUT2D eigenvalue weighted by molar-refractivity contribution is -0.159. The maximum Gasteiger partial charge on any atom is 0.327 e. The molecule has 1 atom stereocenters. The Kier molecular flexibility index (Phi) is 8.60. The maximum absolute atomic E-state index is 12.0. The molecule has 0 aliphatic heterocycles. The van der Waals surface area contributed by atoms with Crippen LogP contribution in [-0.4, -0.2) is 25.2 Å². The van der Waals surface area contributed by atoms with Gasteiger partial charge in [0.25, 0.3) is 0 Å². The van der Waals surface area contributed by atoms with Gasteiger partial charge in [-0.1, -0.05) is 26.2 Å². The molecule has 0 saturated carbocycles. The molecule has 0 fully saturated rings. The van der Waals surface area contributed by atoms with Gasteiger partial charge in [-0.2, -0.15) is 5.26 Å². The number of unbranched alkanes of at least 4 members (excludes halogenated alkanes) is 2. The first-order valence-corrected chi connectivity index (χ1v) is 6.80. The molecule has 0 saturated heterocycles. The molecule has 5 nitrogen and oxygen atoms in total. The summed E-state index contributed by atoms with van der Waals surface area (Å²) in [7, 11) is 0. The van der Waals surface area contributed by atoms with Crippen LogP contribution in [0.5, 0.6) is 0 Å². The van der Waals surface area contributed by atoms with Gasteiger partial charge in [0.2, 0.25) is 0 Å². The summed E-state index contributed by atoms with van der Waals surface area (Å²) in [5.41, 5.74) is -1.41. The highest BCUT2D eigenvalue weighted by Gasteiger charge is 2.42. The van der Waals surface area contributed by atoms with Crippen molar-refractivity contribution in [2.24, 2.45) is 5.41 Å². The minimum atomic E-state index is -1.41. The highest BCUT2D eigenvalue weighted by atomic mass is 16.5. The van der Waals surface area contributed by atoms with E-state index in [1.165, 1.54) is 0 Å². The first-order valence-electron chi connectivity index (χ1n) is 6.80. The molecule has 5 heteroatoms. The van der Waals surface area contributed by atoms with Crippen LogP contribution in [0.2, 0.25) is 0 Å². The predicted molar refractivity (Wildman–Crippen MR) is 70.1 cm³/mol. The average Bonchev–Trinajstić information content (AvgIpc) is 2.38. The van der Waals surface area contributed by atoms with Gasteiger partial charge in [0.1, 0.15) is 0 Å². The van der Waals surface area contributed by atoms with Crippen LogP contribution < -0.4 is 0 Å². The van der Waals surface area contributed by atoms with Crippen LogP contribution in [0.3, 0.4) is 0 Å². The lowest BCUT2D eigenvalue weighted by Crippen LogP contribution is -2.34. The molecule has 0 radical (unpaired) electrons. The van der Waals surface area contributed by atoms with Crippen molar-refractivity contribution in [2.45, 2.75) is 52.9 Å². The number of nitriles is 1. The Morgan fingerprint density at radius 2 is 1.74 bits per heavy atom. The summed E-state index contributed by atoms with van der Waals surface area (Å²) >= 11 is 0. The summed E-state index contributed by atoms with van der Waals surface area (Å²) in [6.07, 6.45) is 2.69. The van der Waals surface area contributed by atoms with Gasteiger partial charge in [-0.15, -0.1) is 0 Å². The highest BCUT2D eigenvalue weighted by Crippen LogP contribution is 2.31. The second-order valence-electron chi connectivity index (χ2n) is 4.35. The Hall–Kier alpha value is -1.57. The number of nitrogens with zero attached hydrogens (tertiary/aromatic N) is 1.